The summed E-state index contributed by atoms with van der Waals surface area (Å²) < 4.78 is 21.5. The molecule has 1 rings (SSSR count). The average Bonchev–Trinajstić information content (AvgIpc) is 2.29. The highest BCUT2D eigenvalue weighted by atomic mass is 16.4. The number of H-pyrrole nitrogens is 1. The first-order chi connectivity index (χ1) is 6.33. The van der Waals surface area contributed by atoms with Crippen molar-refractivity contribution in [3.63, 3.8) is 0 Å². The van der Waals surface area contributed by atoms with Crippen molar-refractivity contribution in [1.29, 1.82) is 0 Å². The Bertz CT molecular complexity index is 363. The van der Waals surface area contributed by atoms with E-state index >= 15 is 0 Å². The molecule has 1 aromatic rings. The number of carbonyl (C=O) groups is 1. The number of hydrogen-bond donors (Lipinski definition) is 3. The van der Waals surface area contributed by atoms with Crippen LogP contribution in [0.2, 0.25) is 0 Å². The Morgan fingerprint density at radius 3 is 3.36 bits per heavy atom. The second kappa shape index (κ2) is 3.16. The number of imidazole rings is 1. The summed E-state index contributed by atoms with van der Waals surface area (Å²) in [5.74, 6) is -1.49. The van der Waals surface area contributed by atoms with Crippen molar-refractivity contribution in [2.24, 2.45) is 5.73 Å². The predicted octanol–water partition coefficient (Wildman–Crippen LogP) is -0.636. The Balaban J connectivity index is 2.88. The van der Waals surface area contributed by atoms with Gasteiger partial charge < -0.3 is 15.8 Å². The molecule has 1 aromatic heterocycles. The summed E-state index contributed by atoms with van der Waals surface area (Å²) in [5, 5.41) is 8.54. The molecule has 0 radical (unpaired) electrons. The molecule has 0 saturated heterocycles. The van der Waals surface area contributed by atoms with Crippen LogP contribution < -0.4 is 5.73 Å². The second-order valence-electron chi connectivity index (χ2n) is 1.93. The number of aromatic amines is 1. The minimum absolute atomic E-state index is 0.00917. The van der Waals surface area contributed by atoms with E-state index in [2.05, 4.69) is 9.97 Å². The summed E-state index contributed by atoms with van der Waals surface area (Å²) in [6, 6.07) is -2.21. The largest absolute Gasteiger partial charge is 0.480 e. The van der Waals surface area contributed by atoms with Gasteiger partial charge in [-0.05, 0) is 0 Å². The molecule has 0 aliphatic heterocycles. The summed E-state index contributed by atoms with van der Waals surface area (Å²) in [4.78, 5) is 16.3. The fourth-order valence-corrected chi connectivity index (χ4v) is 0.563. The minimum atomic E-state index is -2.21. The Kier molecular flexibility index (Phi) is 1.29. The van der Waals surface area contributed by atoms with E-state index in [1.165, 1.54) is 0 Å². The molecule has 0 amide bonds. The summed E-state index contributed by atoms with van der Waals surface area (Å²) in [5.41, 5.74) is 5.15. The van der Waals surface area contributed by atoms with Gasteiger partial charge in [-0.1, -0.05) is 0 Å². The van der Waals surface area contributed by atoms with Crippen molar-refractivity contribution in [3.8, 4) is 0 Å². The van der Waals surface area contributed by atoms with E-state index in [1.54, 1.807) is 0 Å². The van der Waals surface area contributed by atoms with Crippen molar-refractivity contribution < 1.29 is 14.0 Å². The average molecular weight is 161 g/mol. The molecule has 0 aliphatic carbocycles. The molecule has 1 unspecified atom stereocenters. The zero-order valence-electron chi connectivity index (χ0n) is 8.59. The number of aromatic nitrogens is 2. The summed E-state index contributed by atoms with van der Waals surface area (Å²) in [6.07, 6.45) is -0.833. The maximum Gasteiger partial charge on any atom is 0.320 e. The van der Waals surface area contributed by atoms with E-state index in [1.807, 2.05) is 0 Å². The second-order valence-corrected chi connectivity index (χ2v) is 1.93. The van der Waals surface area contributed by atoms with Gasteiger partial charge in [0.25, 0.3) is 0 Å². The monoisotopic (exact) mass is 161 g/mol. The van der Waals surface area contributed by atoms with Crippen LogP contribution in [0.25, 0.3) is 0 Å². The number of rotatable bonds is 3. The SMILES string of the molecule is [3H]c1nc(CC([3H])(N)C(=O)O)c([3H])[nH]1. The van der Waals surface area contributed by atoms with E-state index in [0.29, 0.717) is 0 Å². The number of nitrogens with zero attached hydrogens (tertiary/aromatic N) is 1. The van der Waals surface area contributed by atoms with Gasteiger partial charge in [-0.25, -0.2) is 4.98 Å². The van der Waals surface area contributed by atoms with Gasteiger partial charge in [0.05, 0.1) is 14.7 Å². The number of carboxylic acids is 1. The number of hydrogen-bond acceptors (Lipinski definition) is 3. The third kappa shape index (κ3) is 2.05. The van der Waals surface area contributed by atoms with Gasteiger partial charge in [-0.3, -0.25) is 4.79 Å². The minimum Gasteiger partial charge on any atom is -0.480 e. The summed E-state index contributed by atoms with van der Waals surface area (Å²) in [7, 11) is 0. The van der Waals surface area contributed by atoms with Crippen molar-refractivity contribution >= 4 is 5.97 Å². The van der Waals surface area contributed by atoms with Gasteiger partial charge in [-0.2, -0.15) is 0 Å². The standard InChI is InChI=1S/C6H9N3O2/c7-5(6(10)11)1-4-2-8-3-9-4/h2-3,5H,1,7H2,(H,8,9)(H,10,11)/i2T,3T,5T. The third-order valence-electron chi connectivity index (χ3n) is 1.09. The lowest BCUT2D eigenvalue weighted by molar-refractivity contribution is -0.138. The van der Waals surface area contributed by atoms with E-state index < -0.39 is 18.4 Å². The zero-order valence-corrected chi connectivity index (χ0v) is 5.59. The van der Waals surface area contributed by atoms with Gasteiger partial charge in [0.15, 0.2) is 0 Å². The predicted molar refractivity (Wildman–Crippen MR) is 37.9 cm³/mol. The highest BCUT2D eigenvalue weighted by Crippen LogP contribution is 1.95. The van der Waals surface area contributed by atoms with Crippen LogP contribution in [0.5, 0.6) is 0 Å². The molecule has 60 valence electrons. The van der Waals surface area contributed by atoms with E-state index in [0.717, 1.165) is 0 Å². The van der Waals surface area contributed by atoms with Crippen LogP contribution in [0.1, 0.15) is 9.81 Å². The highest BCUT2D eigenvalue weighted by Gasteiger charge is 2.12. The van der Waals surface area contributed by atoms with Crippen LogP contribution in [0.3, 0.4) is 0 Å². The molecule has 0 aliphatic rings. The fraction of sp³-hybridized carbons (Fsp3) is 0.333. The lowest BCUT2D eigenvalue weighted by Gasteiger charge is -2.01. The molecule has 5 heteroatoms. The molecular weight excluding hydrogens is 146 g/mol. The van der Waals surface area contributed by atoms with Gasteiger partial charge >= 0.3 is 5.97 Å². The molecule has 11 heavy (non-hydrogen) atoms. The zero-order chi connectivity index (χ0) is 10.9. The van der Waals surface area contributed by atoms with Gasteiger partial charge in [0, 0.05) is 12.6 Å². The van der Waals surface area contributed by atoms with Crippen molar-refractivity contribution in [1.82, 2.24) is 9.97 Å². The van der Waals surface area contributed by atoms with E-state index in [9.17, 15) is 4.79 Å². The highest BCUT2D eigenvalue weighted by molar-refractivity contribution is 5.73. The molecular formula is C6H9N3O2. The molecule has 1 atom stereocenters. The molecule has 0 aromatic carbocycles. The lowest BCUT2D eigenvalue weighted by atomic mass is 10.2. The van der Waals surface area contributed by atoms with Crippen LogP contribution >= 0.6 is 0 Å². The topological polar surface area (TPSA) is 92.0 Å². The van der Waals surface area contributed by atoms with Gasteiger partial charge in [0.1, 0.15) is 7.39 Å². The Morgan fingerprint density at radius 1 is 2.18 bits per heavy atom. The first-order valence-corrected chi connectivity index (χ1v) is 2.87. The third-order valence-corrected chi connectivity index (χ3v) is 1.09. The first-order valence-electron chi connectivity index (χ1n) is 4.37. The number of nitrogens with one attached hydrogen (secondary N) is 1. The van der Waals surface area contributed by atoms with Crippen LogP contribution in [0.4, 0.5) is 0 Å². The smallest absolute Gasteiger partial charge is 0.320 e. The molecule has 0 fully saturated rings. The van der Waals surface area contributed by atoms with E-state index in [-0.39, 0.29) is 18.2 Å². The Hall–Kier alpha value is -1.36. The Morgan fingerprint density at radius 2 is 2.91 bits per heavy atom. The maximum absolute atomic E-state index is 10.5. The summed E-state index contributed by atoms with van der Waals surface area (Å²) in [6.45, 7) is 0. The van der Waals surface area contributed by atoms with E-state index in [4.69, 9.17) is 15.0 Å². The number of carboxylic acid groups (broad SMARTS) is 1. The molecule has 0 spiro atoms. The molecule has 5 nitrogen and oxygen atoms in total. The Labute approximate surface area is 67.5 Å². The van der Waals surface area contributed by atoms with Crippen LogP contribution in [-0.4, -0.2) is 27.1 Å². The first kappa shape index (κ1) is 4.50. The van der Waals surface area contributed by atoms with Gasteiger partial charge in [-0.15, -0.1) is 0 Å². The van der Waals surface area contributed by atoms with Crippen molar-refractivity contribution in [2.75, 3.05) is 0 Å². The van der Waals surface area contributed by atoms with Crippen LogP contribution in [0.15, 0.2) is 12.5 Å². The number of aliphatic carboxylic acids is 1. The fourth-order valence-electron chi connectivity index (χ4n) is 0.563. The lowest BCUT2D eigenvalue weighted by Crippen LogP contribution is -2.32. The number of nitrogens with two attached hydrogens (primary N) is 1. The normalized spacial score (nSPS) is 19.5. The van der Waals surface area contributed by atoms with Crippen molar-refractivity contribution in [2.45, 2.75) is 12.4 Å². The quantitative estimate of drug-likeness (QED) is 0.550. The maximum atomic E-state index is 10.5. The molecule has 1 heterocycles. The molecule has 0 bridgehead atoms. The van der Waals surface area contributed by atoms with Crippen LogP contribution in [-0.2, 0) is 11.2 Å². The molecule has 4 N–H and O–H groups in total. The summed E-state index contributed by atoms with van der Waals surface area (Å²) >= 11 is 0. The van der Waals surface area contributed by atoms with Gasteiger partial charge in [0.2, 0.25) is 0 Å². The molecule has 0 saturated carbocycles. The van der Waals surface area contributed by atoms with Crippen LogP contribution in [0, 0.1) is 0 Å². The van der Waals surface area contributed by atoms with Crippen molar-refractivity contribution in [3.05, 3.63) is 18.2 Å².